The van der Waals surface area contributed by atoms with Crippen LogP contribution in [0.1, 0.15) is 50.1 Å². The lowest BCUT2D eigenvalue weighted by molar-refractivity contribution is -0.141. The Labute approximate surface area is 248 Å². The molecule has 0 spiro atoms. The first-order chi connectivity index (χ1) is 20.3. The van der Waals surface area contributed by atoms with Crippen LogP contribution in [-0.2, 0) is 20.7 Å². The number of halogens is 2. The minimum Gasteiger partial charge on any atom is -0.436 e. The molecule has 1 heterocycles. The van der Waals surface area contributed by atoms with Crippen molar-refractivity contribution in [3.8, 4) is 5.69 Å². The van der Waals surface area contributed by atoms with E-state index in [-0.39, 0.29) is 31.7 Å². The number of benzene rings is 2. The van der Waals surface area contributed by atoms with Gasteiger partial charge in [0, 0.05) is 50.3 Å². The molecular weight excluding hydrogens is 562 g/mol. The third-order valence-electron chi connectivity index (χ3n) is 6.69. The van der Waals surface area contributed by atoms with E-state index in [0.29, 0.717) is 17.7 Å². The van der Waals surface area contributed by atoms with E-state index in [9.17, 15) is 28.3 Å². The summed E-state index contributed by atoms with van der Waals surface area (Å²) >= 11 is 0. The third kappa shape index (κ3) is 8.82. The topological polar surface area (TPSA) is 166 Å². The van der Waals surface area contributed by atoms with Gasteiger partial charge >= 0.3 is 6.09 Å². The summed E-state index contributed by atoms with van der Waals surface area (Å²) in [5, 5.41) is 17.2. The molecule has 232 valence electrons. The first-order valence-corrected chi connectivity index (χ1v) is 13.8. The molecular formula is C30H38F2N6O5. The number of nitrogens with zero attached hydrogens (tertiary/aromatic N) is 3. The van der Waals surface area contributed by atoms with Gasteiger partial charge in [0.1, 0.15) is 23.9 Å². The Morgan fingerprint density at radius 1 is 1.14 bits per heavy atom. The summed E-state index contributed by atoms with van der Waals surface area (Å²) in [5.74, 6) is -2.69. The number of rotatable bonds is 13. The zero-order valence-corrected chi connectivity index (χ0v) is 24.4. The predicted molar refractivity (Wildman–Crippen MR) is 155 cm³/mol. The van der Waals surface area contributed by atoms with E-state index in [1.165, 1.54) is 9.58 Å². The maximum Gasteiger partial charge on any atom is 0.405 e. The second-order valence-corrected chi connectivity index (χ2v) is 11.0. The van der Waals surface area contributed by atoms with Crippen LogP contribution < -0.4 is 16.8 Å². The Morgan fingerprint density at radius 3 is 2.44 bits per heavy atom. The van der Waals surface area contributed by atoms with Crippen LogP contribution in [0.2, 0.25) is 0 Å². The summed E-state index contributed by atoms with van der Waals surface area (Å²) in [7, 11) is 0. The van der Waals surface area contributed by atoms with Crippen molar-refractivity contribution in [3.63, 3.8) is 0 Å². The normalized spacial score (nSPS) is 12.8. The molecule has 11 nitrogen and oxygen atoms in total. The Balaban J connectivity index is 2.13. The average Bonchev–Trinajstić information content (AvgIpc) is 3.35. The molecule has 2 aromatic carbocycles. The maximum atomic E-state index is 14.9. The van der Waals surface area contributed by atoms with Crippen molar-refractivity contribution in [2.75, 3.05) is 26.2 Å². The molecule has 0 aliphatic heterocycles. The molecule has 0 fully saturated rings. The van der Waals surface area contributed by atoms with Crippen LogP contribution >= 0.6 is 0 Å². The van der Waals surface area contributed by atoms with Crippen molar-refractivity contribution >= 4 is 17.9 Å². The molecule has 3 aromatic rings. The number of aliphatic hydroxyl groups excluding tert-OH is 1. The maximum absolute atomic E-state index is 14.9. The number of aromatic nitrogens is 2. The largest absolute Gasteiger partial charge is 0.436 e. The van der Waals surface area contributed by atoms with E-state index in [2.05, 4.69) is 10.4 Å². The van der Waals surface area contributed by atoms with Crippen LogP contribution in [0, 0.1) is 17.0 Å². The first-order valence-electron chi connectivity index (χ1n) is 13.8. The van der Waals surface area contributed by atoms with E-state index >= 15 is 0 Å². The third-order valence-corrected chi connectivity index (χ3v) is 6.69. The Morgan fingerprint density at radius 2 is 1.84 bits per heavy atom. The van der Waals surface area contributed by atoms with Gasteiger partial charge in [0.25, 0.3) is 5.91 Å². The number of hydrogen-bond donors (Lipinski definition) is 4. The molecule has 0 radical (unpaired) electrons. The number of hydrogen-bond acceptors (Lipinski definition) is 7. The van der Waals surface area contributed by atoms with Gasteiger partial charge in [-0.05, 0) is 23.1 Å². The molecule has 0 aliphatic carbocycles. The van der Waals surface area contributed by atoms with Crippen LogP contribution in [0.4, 0.5) is 13.6 Å². The van der Waals surface area contributed by atoms with Gasteiger partial charge in [-0.3, -0.25) is 9.59 Å². The summed E-state index contributed by atoms with van der Waals surface area (Å²) in [6, 6.07) is 11.6. The van der Waals surface area contributed by atoms with Crippen molar-refractivity contribution in [2.45, 2.75) is 45.8 Å². The molecule has 0 aliphatic rings. The fraction of sp³-hybridized carbons (Fsp3) is 0.400. The number of ether oxygens (including phenoxy) is 1. The minimum absolute atomic E-state index is 0.123. The standard InChI is InChI=1S/C30H38F2N6O5/c1-30(2,3)27(37(25(40)18-39)14-11-24(43-29(34)42)28(41)35-13-12-33)26-20(15-19-7-5-4-6-8-19)17-38(36-26)23-16-21(31)9-10-22(23)32/h4-10,16-17,24,27,39H,11-15,18,33H2,1-3H3,(H2,34,42)(H,35,41)/t24-,27-/m0/s1. The zero-order chi connectivity index (χ0) is 31.7. The summed E-state index contributed by atoms with van der Waals surface area (Å²) in [4.78, 5) is 38.8. The quantitative estimate of drug-likeness (QED) is 0.234. The highest BCUT2D eigenvalue weighted by atomic mass is 19.1. The Bertz CT molecular complexity index is 1410. The van der Waals surface area contributed by atoms with Gasteiger partial charge in [-0.2, -0.15) is 5.10 Å². The van der Waals surface area contributed by atoms with E-state index < -0.39 is 53.7 Å². The predicted octanol–water partition coefficient (Wildman–Crippen LogP) is 2.58. The van der Waals surface area contributed by atoms with Crippen molar-refractivity contribution in [1.29, 1.82) is 0 Å². The van der Waals surface area contributed by atoms with Gasteiger partial charge in [0.05, 0.1) is 11.7 Å². The minimum atomic E-state index is -1.35. The molecule has 3 rings (SSSR count). The van der Waals surface area contributed by atoms with E-state index in [1.54, 1.807) is 6.20 Å². The van der Waals surface area contributed by atoms with E-state index in [4.69, 9.17) is 16.2 Å². The van der Waals surface area contributed by atoms with Gasteiger partial charge < -0.3 is 31.5 Å². The second kappa shape index (κ2) is 14.7. The lowest BCUT2D eigenvalue weighted by Crippen LogP contribution is -2.47. The van der Waals surface area contributed by atoms with Crippen LogP contribution in [0.15, 0.2) is 54.7 Å². The lowest BCUT2D eigenvalue weighted by Gasteiger charge is -2.40. The first kappa shape index (κ1) is 33.1. The van der Waals surface area contributed by atoms with Gasteiger partial charge in [0.2, 0.25) is 5.91 Å². The van der Waals surface area contributed by atoms with Crippen LogP contribution in [0.5, 0.6) is 0 Å². The number of carbonyl (C=O) groups excluding carboxylic acids is 3. The monoisotopic (exact) mass is 600 g/mol. The van der Waals surface area contributed by atoms with Crippen LogP contribution in [-0.4, -0.2) is 70.0 Å². The van der Waals surface area contributed by atoms with E-state index in [1.807, 2.05) is 51.1 Å². The fourth-order valence-electron chi connectivity index (χ4n) is 4.85. The zero-order valence-electron chi connectivity index (χ0n) is 24.4. The molecule has 0 saturated carbocycles. The molecule has 3 amide bonds. The SMILES string of the molecule is CC(C)(C)[C@H](c1nn(-c2cc(F)ccc2F)cc1Cc1ccccc1)N(CC[C@H](OC(N)=O)C(=O)NCCN)C(=O)CO. The van der Waals surface area contributed by atoms with Crippen molar-refractivity contribution in [1.82, 2.24) is 20.0 Å². The Kier molecular flexibility index (Phi) is 11.3. The van der Waals surface area contributed by atoms with Gasteiger partial charge in [-0.1, -0.05) is 51.1 Å². The van der Waals surface area contributed by atoms with Crippen molar-refractivity contribution < 1.29 is 33.0 Å². The van der Waals surface area contributed by atoms with Gasteiger partial charge in [0.15, 0.2) is 6.10 Å². The molecule has 0 saturated heterocycles. The second-order valence-electron chi connectivity index (χ2n) is 11.0. The molecule has 0 unspecified atom stereocenters. The molecule has 0 bridgehead atoms. The number of nitrogens with one attached hydrogen (secondary N) is 1. The van der Waals surface area contributed by atoms with E-state index in [0.717, 1.165) is 23.8 Å². The number of primary amides is 1. The highest BCUT2D eigenvalue weighted by Crippen LogP contribution is 2.40. The molecule has 13 heteroatoms. The molecule has 2 atom stereocenters. The lowest BCUT2D eigenvalue weighted by atomic mass is 9.81. The van der Waals surface area contributed by atoms with Crippen molar-refractivity contribution in [3.05, 3.63) is 83.2 Å². The van der Waals surface area contributed by atoms with Gasteiger partial charge in [-0.15, -0.1) is 0 Å². The summed E-state index contributed by atoms with van der Waals surface area (Å²) in [6.07, 6.45) is -0.761. The number of nitrogens with two attached hydrogens (primary N) is 2. The highest BCUT2D eigenvalue weighted by Gasteiger charge is 2.39. The summed E-state index contributed by atoms with van der Waals surface area (Å²) in [5.41, 5.74) is 11.7. The van der Waals surface area contributed by atoms with Gasteiger partial charge in [-0.25, -0.2) is 18.3 Å². The van der Waals surface area contributed by atoms with Crippen LogP contribution in [0.3, 0.4) is 0 Å². The fourth-order valence-corrected chi connectivity index (χ4v) is 4.85. The number of carbonyl (C=O) groups is 3. The summed E-state index contributed by atoms with van der Waals surface area (Å²) < 4.78 is 35.3. The molecule has 1 aromatic heterocycles. The molecule has 6 N–H and O–H groups in total. The number of amides is 3. The van der Waals surface area contributed by atoms with Crippen molar-refractivity contribution in [2.24, 2.45) is 16.9 Å². The summed E-state index contributed by atoms with van der Waals surface area (Å²) in [6.45, 7) is 4.83. The van der Waals surface area contributed by atoms with Crippen LogP contribution in [0.25, 0.3) is 5.69 Å². The number of aliphatic hydroxyl groups is 1. The Hall–Kier alpha value is -4.36. The highest BCUT2D eigenvalue weighted by molar-refractivity contribution is 5.83. The smallest absolute Gasteiger partial charge is 0.405 e. The average molecular weight is 601 g/mol. The molecule has 43 heavy (non-hydrogen) atoms.